The van der Waals surface area contributed by atoms with Crippen LogP contribution in [-0.2, 0) is 9.59 Å². The SMILES string of the molecule is Cc1ccc(NC(=O)C(=O)NC[C@H](O)c2ccc(N(C)C)cc2)cc1Cl. The number of carbonyl (C=O) groups excluding carboxylic acids is 2. The number of rotatable bonds is 5. The van der Waals surface area contributed by atoms with Gasteiger partial charge in [-0.05, 0) is 42.3 Å². The lowest BCUT2D eigenvalue weighted by atomic mass is 10.1. The highest BCUT2D eigenvalue weighted by Crippen LogP contribution is 2.20. The number of aliphatic hydroxyl groups excluding tert-OH is 1. The smallest absolute Gasteiger partial charge is 0.313 e. The molecule has 0 bridgehead atoms. The summed E-state index contributed by atoms with van der Waals surface area (Å²) in [4.78, 5) is 25.8. The molecule has 0 radical (unpaired) electrons. The third kappa shape index (κ3) is 5.21. The lowest BCUT2D eigenvalue weighted by Gasteiger charge is -2.15. The quantitative estimate of drug-likeness (QED) is 0.701. The van der Waals surface area contributed by atoms with Crippen LogP contribution in [0.2, 0.25) is 5.02 Å². The summed E-state index contributed by atoms with van der Waals surface area (Å²) in [5.41, 5.74) is 2.96. The van der Waals surface area contributed by atoms with E-state index >= 15 is 0 Å². The summed E-state index contributed by atoms with van der Waals surface area (Å²) in [6.07, 6.45) is -0.906. The van der Waals surface area contributed by atoms with Gasteiger partial charge in [-0.1, -0.05) is 29.8 Å². The second-order valence-electron chi connectivity index (χ2n) is 6.13. The van der Waals surface area contributed by atoms with E-state index in [0.29, 0.717) is 16.3 Å². The molecule has 138 valence electrons. The van der Waals surface area contributed by atoms with E-state index in [1.165, 1.54) is 0 Å². The average Bonchev–Trinajstić information content (AvgIpc) is 2.62. The van der Waals surface area contributed by atoms with Crippen molar-refractivity contribution >= 4 is 34.8 Å². The lowest BCUT2D eigenvalue weighted by Crippen LogP contribution is -2.37. The number of hydrogen-bond donors (Lipinski definition) is 3. The third-order valence-corrected chi connectivity index (χ3v) is 4.29. The molecule has 0 saturated heterocycles. The van der Waals surface area contributed by atoms with Crippen LogP contribution >= 0.6 is 11.6 Å². The van der Waals surface area contributed by atoms with Crippen molar-refractivity contribution in [1.82, 2.24) is 5.32 Å². The van der Waals surface area contributed by atoms with Gasteiger partial charge in [0, 0.05) is 37.0 Å². The number of aryl methyl sites for hydroxylation is 1. The number of anilines is 2. The maximum absolute atomic E-state index is 11.9. The Morgan fingerprint density at radius 2 is 1.77 bits per heavy atom. The van der Waals surface area contributed by atoms with Crippen LogP contribution in [0.4, 0.5) is 11.4 Å². The van der Waals surface area contributed by atoms with Crippen LogP contribution < -0.4 is 15.5 Å². The predicted octanol–water partition coefficient (Wildman–Crippen LogP) is 2.50. The van der Waals surface area contributed by atoms with E-state index in [0.717, 1.165) is 11.3 Å². The van der Waals surface area contributed by atoms with Gasteiger partial charge in [-0.25, -0.2) is 0 Å². The van der Waals surface area contributed by atoms with Crippen LogP contribution in [0.3, 0.4) is 0 Å². The van der Waals surface area contributed by atoms with E-state index in [9.17, 15) is 14.7 Å². The van der Waals surface area contributed by atoms with E-state index in [2.05, 4.69) is 10.6 Å². The number of amides is 2. The van der Waals surface area contributed by atoms with E-state index in [1.807, 2.05) is 38.1 Å². The van der Waals surface area contributed by atoms with Gasteiger partial charge in [-0.15, -0.1) is 0 Å². The lowest BCUT2D eigenvalue weighted by molar-refractivity contribution is -0.136. The Morgan fingerprint density at radius 3 is 2.35 bits per heavy atom. The summed E-state index contributed by atoms with van der Waals surface area (Å²) >= 11 is 5.99. The van der Waals surface area contributed by atoms with Gasteiger partial charge < -0.3 is 20.6 Å². The highest BCUT2D eigenvalue weighted by atomic mass is 35.5. The Bertz CT molecular complexity index is 791. The minimum atomic E-state index is -0.906. The van der Waals surface area contributed by atoms with Crippen molar-refractivity contribution in [3.8, 4) is 0 Å². The topological polar surface area (TPSA) is 81.7 Å². The Balaban J connectivity index is 1.88. The predicted molar refractivity (Wildman–Crippen MR) is 104 cm³/mol. The van der Waals surface area contributed by atoms with Gasteiger partial charge in [0.15, 0.2) is 0 Å². The largest absolute Gasteiger partial charge is 0.387 e. The van der Waals surface area contributed by atoms with Crippen molar-refractivity contribution < 1.29 is 14.7 Å². The summed E-state index contributed by atoms with van der Waals surface area (Å²) in [7, 11) is 3.84. The second-order valence-corrected chi connectivity index (χ2v) is 6.54. The second kappa shape index (κ2) is 8.69. The highest BCUT2D eigenvalue weighted by Gasteiger charge is 2.16. The monoisotopic (exact) mass is 375 g/mol. The van der Waals surface area contributed by atoms with E-state index in [4.69, 9.17) is 11.6 Å². The van der Waals surface area contributed by atoms with Gasteiger partial charge in [0.25, 0.3) is 0 Å². The molecule has 0 unspecified atom stereocenters. The maximum Gasteiger partial charge on any atom is 0.313 e. The van der Waals surface area contributed by atoms with Crippen molar-refractivity contribution in [1.29, 1.82) is 0 Å². The summed E-state index contributed by atoms with van der Waals surface area (Å²) < 4.78 is 0. The zero-order valence-electron chi connectivity index (χ0n) is 14.9. The Hall–Kier alpha value is -2.57. The van der Waals surface area contributed by atoms with Gasteiger partial charge in [0.05, 0.1) is 6.10 Å². The Labute approximate surface area is 157 Å². The number of benzene rings is 2. The minimum Gasteiger partial charge on any atom is -0.387 e. The number of aliphatic hydroxyl groups is 1. The maximum atomic E-state index is 11.9. The zero-order chi connectivity index (χ0) is 19.3. The molecule has 0 fully saturated rings. The molecular formula is C19H22ClN3O3. The summed E-state index contributed by atoms with van der Waals surface area (Å²) in [5.74, 6) is -1.65. The Kier molecular flexibility index (Phi) is 6.60. The Morgan fingerprint density at radius 1 is 1.12 bits per heavy atom. The van der Waals surface area contributed by atoms with Crippen LogP contribution in [0.25, 0.3) is 0 Å². The zero-order valence-corrected chi connectivity index (χ0v) is 15.7. The van der Waals surface area contributed by atoms with Gasteiger partial charge in [0.1, 0.15) is 0 Å². The molecule has 2 amide bonds. The van der Waals surface area contributed by atoms with Gasteiger partial charge >= 0.3 is 11.8 Å². The molecule has 2 aromatic carbocycles. The van der Waals surface area contributed by atoms with E-state index < -0.39 is 17.9 Å². The normalized spacial score (nSPS) is 11.6. The minimum absolute atomic E-state index is 0.0672. The van der Waals surface area contributed by atoms with Crippen LogP contribution in [0, 0.1) is 6.92 Å². The van der Waals surface area contributed by atoms with Crippen LogP contribution in [0.1, 0.15) is 17.2 Å². The molecule has 2 rings (SSSR count). The van der Waals surface area contributed by atoms with Gasteiger partial charge in [-0.3, -0.25) is 9.59 Å². The highest BCUT2D eigenvalue weighted by molar-refractivity contribution is 6.39. The molecule has 0 heterocycles. The van der Waals surface area contributed by atoms with Crippen LogP contribution in [-0.4, -0.2) is 37.6 Å². The summed E-state index contributed by atoms with van der Waals surface area (Å²) in [6.45, 7) is 1.77. The van der Waals surface area contributed by atoms with Crippen molar-refractivity contribution in [2.45, 2.75) is 13.0 Å². The molecule has 26 heavy (non-hydrogen) atoms. The number of nitrogens with one attached hydrogen (secondary N) is 2. The van der Waals surface area contributed by atoms with Gasteiger partial charge in [0.2, 0.25) is 0 Å². The third-order valence-electron chi connectivity index (χ3n) is 3.89. The number of carbonyl (C=O) groups is 2. The summed E-state index contributed by atoms with van der Waals surface area (Å²) in [5, 5.41) is 15.6. The van der Waals surface area contributed by atoms with Crippen LogP contribution in [0.15, 0.2) is 42.5 Å². The molecule has 1 atom stereocenters. The number of hydrogen-bond acceptors (Lipinski definition) is 4. The molecule has 6 nitrogen and oxygen atoms in total. The molecule has 3 N–H and O–H groups in total. The first-order valence-electron chi connectivity index (χ1n) is 8.08. The molecule has 0 aliphatic carbocycles. The molecule has 0 aromatic heterocycles. The number of nitrogens with zero attached hydrogens (tertiary/aromatic N) is 1. The fraction of sp³-hybridized carbons (Fsp3) is 0.263. The number of halogens is 1. The van der Waals surface area contributed by atoms with E-state index in [1.54, 1.807) is 30.3 Å². The van der Waals surface area contributed by atoms with Crippen molar-refractivity contribution in [3.05, 3.63) is 58.6 Å². The summed E-state index contributed by atoms with van der Waals surface area (Å²) in [6, 6.07) is 12.3. The standard InChI is InChI=1S/C19H22ClN3O3/c1-12-4-7-14(10-16(12)20)22-19(26)18(25)21-11-17(24)13-5-8-15(9-6-13)23(2)3/h4-10,17,24H,11H2,1-3H3,(H,21,25)(H,22,26)/t17-/m0/s1. The molecular weight excluding hydrogens is 354 g/mol. The molecule has 0 saturated carbocycles. The first-order valence-corrected chi connectivity index (χ1v) is 8.46. The fourth-order valence-corrected chi connectivity index (χ4v) is 2.42. The van der Waals surface area contributed by atoms with Crippen molar-refractivity contribution in [2.24, 2.45) is 0 Å². The van der Waals surface area contributed by atoms with Crippen molar-refractivity contribution in [3.63, 3.8) is 0 Å². The molecule has 0 spiro atoms. The molecule has 2 aromatic rings. The van der Waals surface area contributed by atoms with Crippen molar-refractivity contribution in [2.75, 3.05) is 30.9 Å². The first-order chi connectivity index (χ1) is 12.3. The molecule has 0 aliphatic rings. The van der Waals surface area contributed by atoms with Crippen LogP contribution in [0.5, 0.6) is 0 Å². The molecule has 7 heteroatoms. The molecule has 0 aliphatic heterocycles. The average molecular weight is 376 g/mol. The van der Waals surface area contributed by atoms with E-state index in [-0.39, 0.29) is 6.54 Å². The fourth-order valence-electron chi connectivity index (χ4n) is 2.24. The van der Waals surface area contributed by atoms with Gasteiger partial charge in [-0.2, -0.15) is 0 Å². The first kappa shape index (κ1) is 19.8.